The maximum absolute atomic E-state index is 14.6. The lowest BCUT2D eigenvalue weighted by Gasteiger charge is -2.35. The van der Waals surface area contributed by atoms with Crippen LogP contribution >= 0.6 is 23.4 Å². The van der Waals surface area contributed by atoms with E-state index in [1.54, 1.807) is 27.6 Å². The number of aliphatic hydroxyl groups excluding tert-OH is 1. The van der Waals surface area contributed by atoms with E-state index in [0.29, 0.717) is 49.7 Å². The van der Waals surface area contributed by atoms with Crippen LogP contribution in [0.5, 0.6) is 0 Å². The molecule has 0 radical (unpaired) electrons. The van der Waals surface area contributed by atoms with E-state index in [1.807, 2.05) is 72.5 Å². The first-order chi connectivity index (χ1) is 19.9. The molecule has 2 aromatic carbocycles. The number of carbonyl (C=O) groups is 3. The summed E-state index contributed by atoms with van der Waals surface area (Å²) in [7, 11) is 0. The molecule has 4 heterocycles. The third-order valence-corrected chi connectivity index (χ3v) is 10.8. The molecule has 6 rings (SSSR count). The number of para-hydroxylation sites is 1. The molecular weight excluding hydrogens is 558 g/mol. The predicted molar refractivity (Wildman–Crippen MR) is 162 cm³/mol. The monoisotopic (exact) mass is 591 g/mol. The molecule has 2 saturated heterocycles. The van der Waals surface area contributed by atoms with Crippen LogP contribution in [0.2, 0.25) is 5.02 Å². The van der Waals surface area contributed by atoms with Crippen LogP contribution in [0.15, 0.2) is 72.8 Å². The zero-order chi connectivity index (χ0) is 28.7. The second-order valence-corrected chi connectivity index (χ2v) is 13.1. The Balaban J connectivity index is 1.41. The van der Waals surface area contributed by atoms with Crippen molar-refractivity contribution in [3.05, 3.63) is 89.0 Å². The minimum absolute atomic E-state index is 0.0111. The molecule has 1 N–H and O–H groups in total. The smallest absolute Gasteiger partial charge is 0.251 e. The number of rotatable bonds is 7. The fraction of sp³-hybridized carbons (Fsp3) is 0.406. The molecule has 1 spiro atoms. The van der Waals surface area contributed by atoms with E-state index in [1.165, 1.54) is 0 Å². The summed E-state index contributed by atoms with van der Waals surface area (Å²) in [6, 6.07) is 14.6. The van der Waals surface area contributed by atoms with E-state index in [2.05, 4.69) is 6.08 Å². The number of fused-ring (bicyclic) bond motifs is 2. The van der Waals surface area contributed by atoms with Gasteiger partial charge in [-0.3, -0.25) is 14.4 Å². The first kappa shape index (κ1) is 28.1. The molecule has 0 saturated carbocycles. The Hall–Kier alpha value is -3.07. The molecule has 41 heavy (non-hydrogen) atoms. The van der Waals surface area contributed by atoms with Gasteiger partial charge in [0.2, 0.25) is 11.8 Å². The van der Waals surface area contributed by atoms with Gasteiger partial charge in [0.25, 0.3) is 5.91 Å². The lowest BCUT2D eigenvalue weighted by molar-refractivity contribution is -0.143. The number of aryl methyl sites for hydroxylation is 1. The quantitative estimate of drug-likeness (QED) is 0.385. The highest BCUT2D eigenvalue weighted by molar-refractivity contribution is 8.02. The minimum Gasteiger partial charge on any atom is -0.396 e. The number of unbranched alkanes of at least 4 members (excludes halogenated alkanes) is 1. The number of hydrogen-bond acceptors (Lipinski definition) is 5. The van der Waals surface area contributed by atoms with E-state index < -0.39 is 22.6 Å². The van der Waals surface area contributed by atoms with Crippen molar-refractivity contribution in [2.24, 2.45) is 11.8 Å². The largest absolute Gasteiger partial charge is 0.396 e. The number of likely N-dealkylation sites (tertiary alicyclic amines) is 1. The molecule has 9 heteroatoms. The second kappa shape index (κ2) is 11.3. The van der Waals surface area contributed by atoms with Crippen molar-refractivity contribution in [1.82, 2.24) is 9.80 Å². The summed E-state index contributed by atoms with van der Waals surface area (Å²) in [6.45, 7) is 3.54. The summed E-state index contributed by atoms with van der Waals surface area (Å²) in [5.41, 5.74) is 2.56. The van der Waals surface area contributed by atoms with Crippen LogP contribution in [0.1, 0.15) is 24.0 Å². The third kappa shape index (κ3) is 4.70. The molecule has 3 amide bonds. The van der Waals surface area contributed by atoms with Crippen molar-refractivity contribution in [2.75, 3.05) is 31.1 Å². The van der Waals surface area contributed by atoms with Crippen LogP contribution in [0.3, 0.4) is 0 Å². The molecule has 0 bridgehead atoms. The number of halogens is 1. The van der Waals surface area contributed by atoms with Crippen molar-refractivity contribution in [2.45, 2.75) is 42.3 Å². The average molecular weight is 592 g/mol. The minimum atomic E-state index is -0.887. The van der Waals surface area contributed by atoms with Crippen LogP contribution in [0, 0.1) is 18.8 Å². The van der Waals surface area contributed by atoms with Crippen molar-refractivity contribution < 1.29 is 19.5 Å². The van der Waals surface area contributed by atoms with E-state index >= 15 is 0 Å². The van der Waals surface area contributed by atoms with Crippen LogP contribution in [-0.2, 0) is 20.9 Å². The number of amides is 3. The topological polar surface area (TPSA) is 81.2 Å². The summed E-state index contributed by atoms with van der Waals surface area (Å²) < 4.78 is -0.887. The van der Waals surface area contributed by atoms with Gasteiger partial charge in [-0.15, -0.1) is 11.8 Å². The molecule has 1 unspecified atom stereocenters. The van der Waals surface area contributed by atoms with Crippen molar-refractivity contribution in [1.29, 1.82) is 0 Å². The molecule has 214 valence electrons. The van der Waals surface area contributed by atoms with E-state index in [9.17, 15) is 19.5 Å². The molecule has 7 nitrogen and oxygen atoms in total. The molecule has 0 aromatic heterocycles. The fourth-order valence-electron chi connectivity index (χ4n) is 6.93. The predicted octanol–water partition coefficient (Wildman–Crippen LogP) is 4.22. The Morgan fingerprint density at radius 1 is 0.976 bits per heavy atom. The number of nitrogens with zero attached hydrogens (tertiary/aromatic N) is 3. The molecule has 2 aromatic rings. The Labute approximate surface area is 249 Å². The van der Waals surface area contributed by atoms with E-state index in [-0.39, 0.29) is 29.6 Å². The van der Waals surface area contributed by atoms with Gasteiger partial charge in [-0.1, -0.05) is 78.4 Å². The van der Waals surface area contributed by atoms with Gasteiger partial charge in [-0.25, -0.2) is 0 Å². The van der Waals surface area contributed by atoms with Crippen LogP contribution in [0.4, 0.5) is 5.69 Å². The van der Waals surface area contributed by atoms with Crippen molar-refractivity contribution in [3.63, 3.8) is 0 Å². The first-order valence-electron chi connectivity index (χ1n) is 14.2. The first-order valence-corrected chi connectivity index (χ1v) is 15.5. The van der Waals surface area contributed by atoms with Crippen LogP contribution in [-0.4, -0.2) is 74.9 Å². The third-order valence-electron chi connectivity index (χ3n) is 8.72. The van der Waals surface area contributed by atoms with E-state index in [4.69, 9.17) is 11.6 Å². The zero-order valence-corrected chi connectivity index (χ0v) is 24.6. The Morgan fingerprint density at radius 3 is 2.54 bits per heavy atom. The van der Waals surface area contributed by atoms with Crippen molar-refractivity contribution in [3.8, 4) is 0 Å². The number of anilines is 1. The lowest BCUT2D eigenvalue weighted by Crippen LogP contribution is -2.53. The molecule has 4 aliphatic heterocycles. The number of thioether (sulfide) groups is 1. The summed E-state index contributed by atoms with van der Waals surface area (Å²) in [6.07, 6.45) is 9.17. The van der Waals surface area contributed by atoms with Gasteiger partial charge in [0, 0.05) is 38.0 Å². The van der Waals surface area contributed by atoms with Gasteiger partial charge in [-0.05, 0) is 37.0 Å². The molecule has 4 aliphatic rings. The summed E-state index contributed by atoms with van der Waals surface area (Å²) in [5, 5.41) is 9.72. The maximum Gasteiger partial charge on any atom is 0.251 e. The highest BCUT2D eigenvalue weighted by atomic mass is 35.5. The number of hydrogen-bond donors (Lipinski definition) is 1. The summed E-state index contributed by atoms with van der Waals surface area (Å²) in [5.74, 6) is -1.64. The number of carbonyl (C=O) groups excluding carboxylic acids is 3. The van der Waals surface area contributed by atoms with Gasteiger partial charge in [0.1, 0.15) is 6.04 Å². The zero-order valence-electron chi connectivity index (χ0n) is 23.0. The maximum atomic E-state index is 14.6. The van der Waals surface area contributed by atoms with Crippen LogP contribution in [0.25, 0.3) is 0 Å². The van der Waals surface area contributed by atoms with Gasteiger partial charge >= 0.3 is 0 Å². The Bertz CT molecular complexity index is 1390. The van der Waals surface area contributed by atoms with Gasteiger partial charge < -0.3 is 19.8 Å². The van der Waals surface area contributed by atoms with Crippen LogP contribution < -0.4 is 4.90 Å². The molecular formula is C32H34ClN3O4S. The standard InChI is InChI=1S/C32H34ClN3O4S/c1-21-10-7-13-23(33)27(21)35-18-9-15-32-26(30(39)36(17-5-6-19-37)28(32)31(35)40)25-24(41-32)14-8-16-34(29(25)38)20-22-11-3-2-4-12-22/h2-4,7-15,24-26,28,37H,5-6,16-20H2,1H3/t24-,25+,26+,28?,32+/m1/s1. The SMILES string of the molecule is Cc1cccc(Cl)c1N1CC=C[C@]23S[C@@H]4C=CCN(Cc5ccccc5)C(=O)[C@@H]4[C@H]2C(=O)N(CCCCO)C3C1=O. The number of aliphatic hydroxyl groups is 1. The normalized spacial score (nSPS) is 29.0. The fourth-order valence-corrected chi connectivity index (χ4v) is 9.27. The second-order valence-electron chi connectivity index (χ2n) is 11.2. The molecule has 0 aliphatic carbocycles. The lowest BCUT2D eigenvalue weighted by atomic mass is 9.78. The summed E-state index contributed by atoms with van der Waals surface area (Å²) >= 11 is 8.21. The molecule has 5 atom stereocenters. The average Bonchev–Trinajstić information content (AvgIpc) is 3.27. The van der Waals surface area contributed by atoms with Gasteiger partial charge in [-0.2, -0.15) is 0 Å². The van der Waals surface area contributed by atoms with Gasteiger partial charge in [0.15, 0.2) is 0 Å². The highest BCUT2D eigenvalue weighted by Crippen LogP contribution is 2.61. The Morgan fingerprint density at radius 2 is 1.78 bits per heavy atom. The van der Waals surface area contributed by atoms with Crippen molar-refractivity contribution >= 4 is 46.8 Å². The number of benzene rings is 2. The van der Waals surface area contributed by atoms with Gasteiger partial charge in [0.05, 0.1) is 27.3 Å². The molecule has 2 fully saturated rings. The van der Waals surface area contributed by atoms with E-state index in [0.717, 1.165) is 11.1 Å². The Kier molecular flexibility index (Phi) is 7.74. The highest BCUT2D eigenvalue weighted by Gasteiger charge is 2.71. The summed E-state index contributed by atoms with van der Waals surface area (Å²) in [4.78, 5) is 48.4.